The average Bonchev–Trinajstić information content (AvgIpc) is 2.39. The summed E-state index contributed by atoms with van der Waals surface area (Å²) >= 11 is 17.9. The molecule has 0 aromatic heterocycles. The van der Waals surface area contributed by atoms with Crippen LogP contribution >= 0.6 is 23.2 Å². The predicted octanol–water partition coefficient (Wildman–Crippen LogP) is 4.67. The van der Waals surface area contributed by atoms with E-state index >= 15 is 0 Å². The van der Waals surface area contributed by atoms with Gasteiger partial charge in [-0.05, 0) is 43.1 Å². The van der Waals surface area contributed by atoms with Gasteiger partial charge in [0.05, 0.1) is 0 Å². The van der Waals surface area contributed by atoms with E-state index in [1.807, 2.05) is 6.07 Å². The van der Waals surface area contributed by atoms with Crippen molar-refractivity contribution in [3.63, 3.8) is 0 Å². The third kappa shape index (κ3) is 2.75. The minimum atomic E-state index is 0.353. The normalized spacial score (nSPS) is 23.1. The van der Waals surface area contributed by atoms with E-state index in [1.165, 1.54) is 16.7 Å². The summed E-state index contributed by atoms with van der Waals surface area (Å²) in [5, 5.41) is 1.49. The number of fused-ring (bicyclic) bond motifs is 1. The van der Waals surface area contributed by atoms with E-state index in [0.29, 0.717) is 10.9 Å². The van der Waals surface area contributed by atoms with E-state index in [0.717, 1.165) is 35.9 Å². The van der Waals surface area contributed by atoms with E-state index in [2.05, 4.69) is 30.2 Å². The molecule has 1 nitrogen and oxygen atoms in total. The fraction of sp³-hybridized carbons (Fsp3) is 0.375. The highest BCUT2D eigenvalue weighted by molar-refractivity contribution is 7.63. The molecule has 0 saturated heterocycles. The SMILES string of the molecule is CN1Cc2c(Cl)cc(Cl)cc2[C@H](C2=CC([S-])=CCC2)C1. The number of nitrogens with zero attached hydrogens (tertiary/aromatic N) is 1. The lowest BCUT2D eigenvalue weighted by Crippen LogP contribution is -2.31. The molecule has 20 heavy (non-hydrogen) atoms. The molecule has 1 atom stereocenters. The minimum absolute atomic E-state index is 0.353. The van der Waals surface area contributed by atoms with Crippen LogP contribution in [0.15, 0.2) is 34.8 Å². The van der Waals surface area contributed by atoms with Crippen molar-refractivity contribution in [1.82, 2.24) is 4.90 Å². The molecule has 0 bridgehead atoms. The molecule has 1 aliphatic heterocycles. The maximum Gasteiger partial charge on any atom is 0.0468 e. The molecule has 0 fully saturated rings. The Morgan fingerprint density at radius 1 is 1.30 bits per heavy atom. The van der Waals surface area contributed by atoms with E-state index in [1.54, 1.807) is 0 Å². The Hall–Kier alpha value is -0.540. The molecule has 2 aliphatic rings. The molecule has 0 amide bonds. The quantitative estimate of drug-likeness (QED) is 0.690. The van der Waals surface area contributed by atoms with Crippen molar-refractivity contribution in [1.29, 1.82) is 0 Å². The van der Waals surface area contributed by atoms with Crippen LogP contribution in [0.4, 0.5) is 0 Å². The Labute approximate surface area is 135 Å². The average molecular weight is 325 g/mol. The third-order valence-electron chi connectivity index (χ3n) is 4.05. The van der Waals surface area contributed by atoms with Gasteiger partial charge in [0.2, 0.25) is 0 Å². The van der Waals surface area contributed by atoms with Crippen LogP contribution in [0, 0.1) is 0 Å². The lowest BCUT2D eigenvalue weighted by atomic mass is 9.81. The van der Waals surface area contributed by atoms with Crippen molar-refractivity contribution in [2.24, 2.45) is 0 Å². The van der Waals surface area contributed by atoms with Crippen LogP contribution in [0.25, 0.3) is 0 Å². The molecule has 0 spiro atoms. The molecule has 3 rings (SSSR count). The Morgan fingerprint density at radius 3 is 2.85 bits per heavy atom. The summed E-state index contributed by atoms with van der Waals surface area (Å²) in [4.78, 5) is 3.27. The van der Waals surface area contributed by atoms with E-state index in [-0.39, 0.29) is 0 Å². The number of allylic oxidation sites excluding steroid dienone is 2. The van der Waals surface area contributed by atoms with Gasteiger partial charge in [0.25, 0.3) is 0 Å². The lowest BCUT2D eigenvalue weighted by Gasteiger charge is -2.36. The van der Waals surface area contributed by atoms with Gasteiger partial charge in [-0.3, -0.25) is 0 Å². The Kier molecular flexibility index (Phi) is 4.09. The van der Waals surface area contributed by atoms with Crippen molar-refractivity contribution in [3.8, 4) is 0 Å². The molecule has 0 radical (unpaired) electrons. The first-order valence-corrected chi connectivity index (χ1v) is 7.95. The second-order valence-corrected chi connectivity index (χ2v) is 6.88. The lowest BCUT2D eigenvalue weighted by molar-refractivity contribution is 0.292. The van der Waals surface area contributed by atoms with Gasteiger partial charge in [0, 0.05) is 29.1 Å². The number of benzene rings is 1. The van der Waals surface area contributed by atoms with Gasteiger partial charge in [-0.15, -0.1) is 6.08 Å². The first-order valence-electron chi connectivity index (χ1n) is 6.78. The molecule has 1 aromatic carbocycles. The van der Waals surface area contributed by atoms with Crippen molar-refractivity contribution in [3.05, 3.63) is 55.9 Å². The second-order valence-electron chi connectivity index (χ2n) is 5.57. The fourth-order valence-corrected chi connectivity index (χ4v) is 3.97. The Bertz CT molecular complexity index is 607. The smallest absolute Gasteiger partial charge is 0.0468 e. The molecule has 4 heteroatoms. The minimum Gasteiger partial charge on any atom is -0.780 e. The maximum atomic E-state index is 6.38. The summed E-state index contributed by atoms with van der Waals surface area (Å²) in [6.45, 7) is 1.88. The molecule has 0 unspecified atom stereocenters. The summed E-state index contributed by atoms with van der Waals surface area (Å²) in [7, 11) is 2.13. The zero-order chi connectivity index (χ0) is 14.3. The summed E-state index contributed by atoms with van der Waals surface area (Å²) in [5.41, 5.74) is 3.89. The maximum absolute atomic E-state index is 6.38. The summed E-state index contributed by atoms with van der Waals surface area (Å²) < 4.78 is 0. The van der Waals surface area contributed by atoms with Crippen molar-refractivity contribution in [2.45, 2.75) is 25.3 Å². The van der Waals surface area contributed by atoms with Gasteiger partial charge in [0.1, 0.15) is 0 Å². The molecule has 106 valence electrons. The fourth-order valence-electron chi connectivity index (χ4n) is 3.13. The summed E-state index contributed by atoms with van der Waals surface area (Å²) in [6.07, 6.45) is 6.38. The zero-order valence-corrected chi connectivity index (χ0v) is 13.7. The van der Waals surface area contributed by atoms with Gasteiger partial charge in [-0.2, -0.15) is 4.91 Å². The van der Waals surface area contributed by atoms with Crippen molar-refractivity contribution < 1.29 is 0 Å². The van der Waals surface area contributed by atoms with Crippen molar-refractivity contribution >= 4 is 35.8 Å². The highest BCUT2D eigenvalue weighted by atomic mass is 35.5. The predicted molar refractivity (Wildman–Crippen MR) is 88.3 cm³/mol. The molecule has 0 N–H and O–H groups in total. The molecule has 0 saturated carbocycles. The molecule has 1 aromatic rings. The summed E-state index contributed by atoms with van der Waals surface area (Å²) in [6, 6.07) is 3.91. The molecule has 1 heterocycles. The van der Waals surface area contributed by atoms with Crippen LogP contribution in [0.2, 0.25) is 10.0 Å². The standard InChI is InChI=1S/C16H17Cl2NS/c1-19-8-14(10-3-2-4-12(20)5-10)13-6-11(17)7-16(18)15(13)9-19/h4-7,14,20H,2-3,8-9H2,1H3/p-1/t14-/m0/s1. The van der Waals surface area contributed by atoms with E-state index in [4.69, 9.17) is 35.8 Å². The first kappa shape index (κ1) is 14.4. The van der Waals surface area contributed by atoms with Crippen LogP contribution in [-0.4, -0.2) is 18.5 Å². The van der Waals surface area contributed by atoms with Gasteiger partial charge >= 0.3 is 0 Å². The number of halogens is 2. The van der Waals surface area contributed by atoms with E-state index in [9.17, 15) is 0 Å². The number of hydrogen-bond acceptors (Lipinski definition) is 2. The Balaban J connectivity index is 2.08. The molecular formula is C16H16Cl2NS-. The highest BCUT2D eigenvalue weighted by Gasteiger charge is 2.28. The number of rotatable bonds is 1. The first-order chi connectivity index (χ1) is 9.54. The zero-order valence-electron chi connectivity index (χ0n) is 11.3. The van der Waals surface area contributed by atoms with Crippen LogP contribution in [0.3, 0.4) is 0 Å². The molecule has 1 aliphatic carbocycles. The second kappa shape index (κ2) is 5.69. The van der Waals surface area contributed by atoms with Crippen LogP contribution in [-0.2, 0) is 19.2 Å². The van der Waals surface area contributed by atoms with Crippen molar-refractivity contribution in [2.75, 3.05) is 13.6 Å². The van der Waals surface area contributed by atoms with E-state index < -0.39 is 0 Å². The van der Waals surface area contributed by atoms with Gasteiger partial charge in [0.15, 0.2) is 0 Å². The van der Waals surface area contributed by atoms with Gasteiger partial charge < -0.3 is 17.5 Å². The number of likely N-dealkylation sites (N-methyl/N-ethyl adjacent to an activating group) is 1. The third-order valence-corrected chi connectivity index (χ3v) is 4.89. The molecular weight excluding hydrogens is 309 g/mol. The highest BCUT2D eigenvalue weighted by Crippen LogP contribution is 2.40. The van der Waals surface area contributed by atoms with Gasteiger partial charge in [-0.25, -0.2) is 0 Å². The summed E-state index contributed by atoms with van der Waals surface area (Å²) in [5.74, 6) is 0.353. The Morgan fingerprint density at radius 2 is 2.10 bits per heavy atom. The van der Waals surface area contributed by atoms with Gasteiger partial charge in [-0.1, -0.05) is 34.9 Å². The van der Waals surface area contributed by atoms with Crippen LogP contribution in [0.1, 0.15) is 29.9 Å². The monoisotopic (exact) mass is 324 g/mol. The van der Waals surface area contributed by atoms with Crippen LogP contribution < -0.4 is 0 Å². The number of hydrogen-bond donors (Lipinski definition) is 0. The topological polar surface area (TPSA) is 3.24 Å². The van der Waals surface area contributed by atoms with Crippen LogP contribution in [0.5, 0.6) is 0 Å². The largest absolute Gasteiger partial charge is 0.780 e.